The molecule has 0 aliphatic rings. The molecular formula is C68H48N2. The summed E-state index contributed by atoms with van der Waals surface area (Å²) in [6.07, 6.45) is 0. The molecule has 0 aliphatic carbocycles. The number of nitrogens with zero attached hydrogens (tertiary/aromatic N) is 2. The number of para-hydroxylation sites is 1. The minimum absolute atomic E-state index is 1.06. The summed E-state index contributed by atoms with van der Waals surface area (Å²) in [7, 11) is 0. The zero-order chi connectivity index (χ0) is 46.6. The smallest absolute Gasteiger partial charge is 0.0619 e. The van der Waals surface area contributed by atoms with Crippen LogP contribution in [0.4, 0.5) is 17.1 Å². The van der Waals surface area contributed by atoms with Crippen LogP contribution in [0.1, 0.15) is 0 Å². The summed E-state index contributed by atoms with van der Waals surface area (Å²) in [5.74, 6) is 0. The van der Waals surface area contributed by atoms with E-state index in [4.69, 9.17) is 0 Å². The summed E-state index contributed by atoms with van der Waals surface area (Å²) in [6, 6.07) is 105. The number of benzene rings is 11. The minimum atomic E-state index is 1.06. The van der Waals surface area contributed by atoms with Gasteiger partial charge < -0.3 is 9.47 Å². The maximum atomic E-state index is 2.43. The van der Waals surface area contributed by atoms with E-state index in [9.17, 15) is 0 Å². The summed E-state index contributed by atoms with van der Waals surface area (Å²) in [5, 5.41) is 1.20. The molecule has 12 aromatic rings. The summed E-state index contributed by atoms with van der Waals surface area (Å²) in [5.41, 5.74) is 21.8. The van der Waals surface area contributed by atoms with Crippen molar-refractivity contribution in [2.24, 2.45) is 0 Å². The third kappa shape index (κ3) is 8.29. The Hall–Kier alpha value is -9.24. The summed E-state index contributed by atoms with van der Waals surface area (Å²) in [6.45, 7) is 0. The van der Waals surface area contributed by atoms with Crippen molar-refractivity contribution in [2.45, 2.75) is 0 Å². The van der Waals surface area contributed by atoms with Gasteiger partial charge in [-0.25, -0.2) is 0 Å². The highest BCUT2D eigenvalue weighted by atomic mass is 15.1. The van der Waals surface area contributed by atoms with Crippen LogP contribution in [0.15, 0.2) is 291 Å². The van der Waals surface area contributed by atoms with E-state index >= 15 is 0 Å². The molecule has 0 radical (unpaired) electrons. The first-order chi connectivity index (χ1) is 34.7. The highest BCUT2D eigenvalue weighted by Gasteiger charge is 2.23. The molecule has 2 heteroatoms. The molecule has 0 saturated heterocycles. The van der Waals surface area contributed by atoms with Gasteiger partial charge >= 0.3 is 0 Å². The lowest BCUT2D eigenvalue weighted by Crippen LogP contribution is -2.11. The highest BCUT2D eigenvalue weighted by Crippen LogP contribution is 2.46. The van der Waals surface area contributed by atoms with Gasteiger partial charge in [-0.1, -0.05) is 218 Å². The fourth-order valence-electron chi connectivity index (χ4n) is 10.0. The summed E-state index contributed by atoms with van der Waals surface area (Å²) < 4.78 is 2.43. The normalized spacial score (nSPS) is 11.1. The molecule has 2 nitrogen and oxygen atoms in total. The Balaban J connectivity index is 1.06. The Bertz CT molecular complexity index is 3460. The first-order valence-corrected chi connectivity index (χ1v) is 24.0. The molecule has 0 saturated carbocycles. The SMILES string of the molecule is c1ccc(-c2cc(-c3ccccc3)cc(N(c3ccc(-c4ccc5c(c4)c(-c4ccccc4)c(-c4ccccc4)n5-c4ccccc4)cc3)c3cc(-c4ccccc4)cc(-c4ccccc4)c3)c2)cc1. The van der Waals surface area contributed by atoms with Gasteiger partial charge in [0.2, 0.25) is 0 Å². The average Bonchev–Trinajstić information content (AvgIpc) is 3.79. The van der Waals surface area contributed by atoms with E-state index in [1.54, 1.807) is 0 Å². The fourth-order valence-corrected chi connectivity index (χ4v) is 10.0. The van der Waals surface area contributed by atoms with Crippen LogP contribution in [-0.2, 0) is 0 Å². The average molecular weight is 893 g/mol. The van der Waals surface area contributed by atoms with Crippen LogP contribution in [0.3, 0.4) is 0 Å². The quantitative estimate of drug-likeness (QED) is 0.126. The minimum Gasteiger partial charge on any atom is -0.310 e. The molecule has 0 amide bonds. The molecule has 0 fully saturated rings. The Morgan fingerprint density at radius 1 is 0.229 bits per heavy atom. The van der Waals surface area contributed by atoms with Crippen molar-refractivity contribution in [1.29, 1.82) is 0 Å². The molecule has 0 aliphatic heterocycles. The van der Waals surface area contributed by atoms with E-state index in [2.05, 4.69) is 301 Å². The van der Waals surface area contributed by atoms with E-state index in [-0.39, 0.29) is 0 Å². The molecule has 1 aromatic heterocycles. The number of hydrogen-bond donors (Lipinski definition) is 0. The van der Waals surface area contributed by atoms with Gasteiger partial charge in [-0.2, -0.15) is 0 Å². The molecule has 0 atom stereocenters. The number of aromatic nitrogens is 1. The first kappa shape index (κ1) is 42.1. The Morgan fingerprint density at radius 2 is 0.571 bits per heavy atom. The predicted octanol–water partition coefficient (Wildman–Crippen LogP) is 18.8. The van der Waals surface area contributed by atoms with Crippen molar-refractivity contribution < 1.29 is 0 Å². The van der Waals surface area contributed by atoms with Gasteiger partial charge in [-0.3, -0.25) is 0 Å². The van der Waals surface area contributed by atoms with Crippen molar-refractivity contribution in [3.05, 3.63) is 291 Å². The molecule has 0 unspecified atom stereocenters. The van der Waals surface area contributed by atoms with E-state index in [1.165, 1.54) is 50.0 Å². The van der Waals surface area contributed by atoms with Crippen molar-refractivity contribution in [3.8, 4) is 83.7 Å². The lowest BCUT2D eigenvalue weighted by Gasteiger charge is -2.28. The zero-order valence-electron chi connectivity index (χ0n) is 38.6. The largest absolute Gasteiger partial charge is 0.310 e. The van der Waals surface area contributed by atoms with Gasteiger partial charge in [-0.05, 0) is 140 Å². The lowest BCUT2D eigenvalue weighted by molar-refractivity contribution is 1.13. The first-order valence-electron chi connectivity index (χ1n) is 24.0. The third-order valence-corrected chi connectivity index (χ3v) is 13.3. The van der Waals surface area contributed by atoms with Crippen LogP contribution >= 0.6 is 0 Å². The molecule has 0 bridgehead atoms. The van der Waals surface area contributed by atoms with Crippen molar-refractivity contribution in [1.82, 2.24) is 4.57 Å². The Labute approximate surface area is 410 Å². The molecule has 330 valence electrons. The molecule has 1 heterocycles. The second-order valence-electron chi connectivity index (χ2n) is 17.7. The summed E-state index contributed by atoms with van der Waals surface area (Å²) >= 11 is 0. The Morgan fingerprint density at radius 3 is 0.986 bits per heavy atom. The van der Waals surface area contributed by atoms with E-state index in [1.807, 2.05) is 0 Å². The number of anilines is 3. The molecule has 70 heavy (non-hydrogen) atoms. The van der Waals surface area contributed by atoms with Crippen LogP contribution in [-0.4, -0.2) is 4.57 Å². The number of hydrogen-bond acceptors (Lipinski definition) is 1. The molecule has 0 spiro atoms. The second-order valence-corrected chi connectivity index (χ2v) is 17.7. The number of fused-ring (bicyclic) bond motifs is 1. The van der Waals surface area contributed by atoms with Crippen LogP contribution in [0.2, 0.25) is 0 Å². The van der Waals surface area contributed by atoms with Gasteiger partial charge in [0.1, 0.15) is 0 Å². The predicted molar refractivity (Wildman–Crippen MR) is 296 cm³/mol. The summed E-state index contributed by atoms with van der Waals surface area (Å²) in [4.78, 5) is 2.43. The molecule has 12 rings (SSSR count). The van der Waals surface area contributed by atoms with Gasteiger partial charge in [0, 0.05) is 33.7 Å². The van der Waals surface area contributed by atoms with Crippen molar-refractivity contribution >= 4 is 28.0 Å². The van der Waals surface area contributed by atoms with Gasteiger partial charge in [-0.15, -0.1) is 0 Å². The second kappa shape index (κ2) is 18.8. The van der Waals surface area contributed by atoms with Crippen LogP contribution < -0.4 is 4.90 Å². The standard InChI is InChI=1S/C68H48N2/c1-8-22-49(23-9-1)57-42-58(50-24-10-2-11-25-50)45-63(44-57)69(64-46-59(51-26-12-3-13-27-51)43-60(47-64)52-28-14-4-15-29-52)62-39-36-53(37-40-62)56-38-41-66-65(48-56)67(54-30-16-5-17-31-54)68(55-32-18-6-19-33-55)70(66)61-34-20-7-21-35-61/h1-48H. The lowest BCUT2D eigenvalue weighted by atomic mass is 9.95. The highest BCUT2D eigenvalue weighted by molar-refractivity contribution is 6.07. The molecular weight excluding hydrogens is 845 g/mol. The van der Waals surface area contributed by atoms with Gasteiger partial charge in [0.05, 0.1) is 11.2 Å². The zero-order valence-corrected chi connectivity index (χ0v) is 38.6. The van der Waals surface area contributed by atoms with Gasteiger partial charge in [0.15, 0.2) is 0 Å². The van der Waals surface area contributed by atoms with Crippen LogP contribution in [0.25, 0.3) is 94.6 Å². The fraction of sp³-hybridized carbons (Fsp3) is 0. The van der Waals surface area contributed by atoms with Crippen LogP contribution in [0, 0.1) is 0 Å². The Kier molecular flexibility index (Phi) is 11.3. The van der Waals surface area contributed by atoms with E-state index < -0.39 is 0 Å². The van der Waals surface area contributed by atoms with Crippen molar-refractivity contribution in [2.75, 3.05) is 4.90 Å². The topological polar surface area (TPSA) is 8.17 Å². The molecule has 0 N–H and O–H groups in total. The maximum Gasteiger partial charge on any atom is 0.0619 e. The number of rotatable bonds is 11. The third-order valence-electron chi connectivity index (χ3n) is 13.3. The van der Waals surface area contributed by atoms with Crippen molar-refractivity contribution in [3.63, 3.8) is 0 Å². The van der Waals surface area contributed by atoms with Gasteiger partial charge in [0.25, 0.3) is 0 Å². The monoisotopic (exact) mass is 892 g/mol. The van der Waals surface area contributed by atoms with E-state index in [0.29, 0.717) is 0 Å². The molecule has 11 aromatic carbocycles. The van der Waals surface area contributed by atoms with E-state index in [0.717, 1.165) is 61.6 Å². The maximum absolute atomic E-state index is 2.43. The van der Waals surface area contributed by atoms with Crippen LogP contribution in [0.5, 0.6) is 0 Å².